The monoisotopic (exact) mass is 443 g/mol. The maximum atomic E-state index is 13.9. The summed E-state index contributed by atoms with van der Waals surface area (Å²) in [6.45, 7) is 0. The Morgan fingerprint density at radius 2 is 1.21 bits per heavy atom. The Bertz CT molecular complexity index is 1390. The first-order valence-corrected chi connectivity index (χ1v) is 11.2. The second kappa shape index (κ2) is 8.12. The van der Waals surface area contributed by atoms with Crippen molar-refractivity contribution in [3.05, 3.63) is 138 Å². The van der Waals surface area contributed by atoms with Crippen LogP contribution >= 0.6 is 0 Å². The maximum absolute atomic E-state index is 13.9. The number of esters is 1. The van der Waals surface area contributed by atoms with Gasteiger partial charge in [0.15, 0.2) is 0 Å². The molecule has 4 aromatic carbocycles. The van der Waals surface area contributed by atoms with Crippen LogP contribution < -0.4 is 5.01 Å². The third kappa shape index (κ3) is 3.13. The molecule has 0 amide bonds. The zero-order valence-electron chi connectivity index (χ0n) is 18.3. The molecule has 1 spiro atoms. The Kier molecular flexibility index (Phi) is 4.81. The number of rotatable bonds is 4. The number of hydrogen-bond donors (Lipinski definition) is 0. The fourth-order valence-corrected chi connectivity index (χ4v) is 4.65. The number of ether oxygens (including phenoxy) is 1. The molecule has 0 saturated carbocycles. The molecule has 0 aliphatic carbocycles. The molecule has 0 fully saturated rings. The average molecular weight is 444 g/mol. The summed E-state index contributed by atoms with van der Waals surface area (Å²) < 4.78 is 5.87. The van der Waals surface area contributed by atoms with Crippen LogP contribution in [0.3, 0.4) is 0 Å². The van der Waals surface area contributed by atoms with Crippen molar-refractivity contribution in [1.29, 1.82) is 0 Å². The minimum Gasteiger partial charge on any atom is -0.404 e. The number of nitrogens with zero attached hydrogens (tertiary/aromatic N) is 3. The predicted molar refractivity (Wildman–Crippen MR) is 133 cm³/mol. The first kappa shape index (κ1) is 20.1. The molecule has 0 unspecified atom stereocenters. The lowest BCUT2D eigenvalue weighted by atomic mass is 9.80. The van der Waals surface area contributed by atoms with Gasteiger partial charge in [-0.25, -0.2) is 14.8 Å². The number of hydrazone groups is 1. The molecule has 6 rings (SSSR count). The predicted octanol–water partition coefficient (Wildman–Crippen LogP) is 5.39. The molecule has 2 aliphatic heterocycles. The third-order valence-electron chi connectivity index (χ3n) is 6.19. The van der Waals surface area contributed by atoms with Gasteiger partial charge in [-0.3, -0.25) is 0 Å². The van der Waals surface area contributed by atoms with Crippen molar-refractivity contribution in [1.82, 2.24) is 0 Å². The third-order valence-corrected chi connectivity index (χ3v) is 6.19. The van der Waals surface area contributed by atoms with Crippen molar-refractivity contribution in [3.8, 4) is 0 Å². The standard InChI is InChI=1S/C29H21N3O2/c33-28-29(30-27(34-28)23-17-9-3-10-18-23)25(21-13-5-1-6-14-21)26(22-15-7-2-8-16-22)31-32(29)24-19-11-4-12-20-24/h1-20,25H/t25-,29+/m0/s1. The molecule has 0 saturated heterocycles. The molecule has 2 aliphatic rings. The molecule has 0 N–H and O–H groups in total. The SMILES string of the molecule is O=C1OC(c2ccccc2)=N[C@@]12[C@@H](c1ccccc1)C(c1ccccc1)=NN2c1ccccc1. The van der Waals surface area contributed by atoms with Gasteiger partial charge in [-0.2, -0.15) is 5.10 Å². The number of carbonyl (C=O) groups excluding carboxylic acids is 1. The van der Waals surface area contributed by atoms with E-state index in [-0.39, 0.29) is 0 Å². The number of para-hydroxylation sites is 1. The number of carbonyl (C=O) groups is 1. The fraction of sp³-hybridized carbons (Fsp3) is 0.0690. The van der Waals surface area contributed by atoms with E-state index in [4.69, 9.17) is 14.8 Å². The van der Waals surface area contributed by atoms with Crippen molar-refractivity contribution in [2.75, 3.05) is 5.01 Å². The van der Waals surface area contributed by atoms with Crippen molar-refractivity contribution in [2.24, 2.45) is 10.1 Å². The van der Waals surface area contributed by atoms with E-state index in [1.54, 1.807) is 5.01 Å². The van der Waals surface area contributed by atoms with Crippen LogP contribution in [0.15, 0.2) is 131 Å². The highest BCUT2D eigenvalue weighted by atomic mass is 16.6. The lowest BCUT2D eigenvalue weighted by Gasteiger charge is -2.32. The molecular weight excluding hydrogens is 422 g/mol. The highest BCUT2D eigenvalue weighted by Gasteiger charge is 2.63. The highest BCUT2D eigenvalue weighted by Crippen LogP contribution is 2.48. The van der Waals surface area contributed by atoms with Crippen LogP contribution in [0.4, 0.5) is 5.69 Å². The van der Waals surface area contributed by atoms with Crippen molar-refractivity contribution < 1.29 is 9.53 Å². The lowest BCUT2D eigenvalue weighted by Crippen LogP contribution is -2.51. The van der Waals surface area contributed by atoms with E-state index >= 15 is 0 Å². The Labute approximate surface area is 197 Å². The number of aliphatic imine (C=N–C) groups is 1. The Hall–Kier alpha value is -4.51. The van der Waals surface area contributed by atoms with Crippen molar-refractivity contribution >= 4 is 23.3 Å². The van der Waals surface area contributed by atoms with Gasteiger partial charge in [0, 0.05) is 5.56 Å². The zero-order valence-corrected chi connectivity index (χ0v) is 18.3. The molecule has 2 heterocycles. The second-order valence-electron chi connectivity index (χ2n) is 8.24. The van der Waals surface area contributed by atoms with Gasteiger partial charge in [-0.15, -0.1) is 0 Å². The average Bonchev–Trinajstić information content (AvgIpc) is 3.44. The zero-order chi connectivity index (χ0) is 23.0. The molecule has 5 heteroatoms. The van der Waals surface area contributed by atoms with Gasteiger partial charge in [-0.1, -0.05) is 97.1 Å². The van der Waals surface area contributed by atoms with Crippen LogP contribution in [0.5, 0.6) is 0 Å². The van der Waals surface area contributed by atoms with E-state index in [0.29, 0.717) is 5.90 Å². The van der Waals surface area contributed by atoms with Gasteiger partial charge in [0.1, 0.15) is 0 Å². The minimum atomic E-state index is -1.40. The van der Waals surface area contributed by atoms with Gasteiger partial charge in [0.25, 0.3) is 5.66 Å². The van der Waals surface area contributed by atoms with E-state index < -0.39 is 17.6 Å². The van der Waals surface area contributed by atoms with Gasteiger partial charge >= 0.3 is 5.97 Å². The summed E-state index contributed by atoms with van der Waals surface area (Å²) in [6, 6.07) is 39.1. The van der Waals surface area contributed by atoms with Crippen LogP contribution in [0, 0.1) is 0 Å². The number of anilines is 1. The topological polar surface area (TPSA) is 54.3 Å². The molecule has 0 bridgehead atoms. The van der Waals surface area contributed by atoms with Crippen LogP contribution in [-0.4, -0.2) is 23.2 Å². The van der Waals surface area contributed by atoms with Gasteiger partial charge < -0.3 is 4.74 Å². The molecule has 2 atom stereocenters. The molecule has 0 radical (unpaired) electrons. The fourth-order valence-electron chi connectivity index (χ4n) is 4.65. The molecule has 4 aromatic rings. The van der Waals surface area contributed by atoms with E-state index in [9.17, 15) is 4.79 Å². The minimum absolute atomic E-state index is 0.303. The number of cyclic esters (lactones) is 1. The number of benzene rings is 4. The quantitative estimate of drug-likeness (QED) is 0.397. The summed E-state index contributed by atoms with van der Waals surface area (Å²) >= 11 is 0. The van der Waals surface area contributed by atoms with Gasteiger partial charge in [0.2, 0.25) is 5.90 Å². The van der Waals surface area contributed by atoms with E-state index in [2.05, 4.69) is 0 Å². The number of hydrogen-bond acceptors (Lipinski definition) is 5. The summed E-state index contributed by atoms with van der Waals surface area (Å²) in [6.07, 6.45) is 0. The molecule has 5 nitrogen and oxygen atoms in total. The first-order chi connectivity index (χ1) is 16.8. The van der Waals surface area contributed by atoms with E-state index in [0.717, 1.165) is 28.1 Å². The normalized spacial score (nSPS) is 21.4. The summed E-state index contributed by atoms with van der Waals surface area (Å²) in [5.41, 5.74) is 2.76. The van der Waals surface area contributed by atoms with Crippen molar-refractivity contribution in [2.45, 2.75) is 11.6 Å². The van der Waals surface area contributed by atoms with Crippen LogP contribution in [0.25, 0.3) is 0 Å². The Morgan fingerprint density at radius 1 is 0.676 bits per heavy atom. The molecule has 34 heavy (non-hydrogen) atoms. The lowest BCUT2D eigenvalue weighted by molar-refractivity contribution is -0.139. The van der Waals surface area contributed by atoms with Crippen LogP contribution in [-0.2, 0) is 9.53 Å². The van der Waals surface area contributed by atoms with E-state index in [1.165, 1.54) is 0 Å². The smallest absolute Gasteiger partial charge is 0.364 e. The Morgan fingerprint density at radius 3 is 1.82 bits per heavy atom. The summed E-state index contributed by atoms with van der Waals surface area (Å²) in [5, 5.41) is 6.77. The van der Waals surface area contributed by atoms with Gasteiger partial charge in [0.05, 0.1) is 17.3 Å². The van der Waals surface area contributed by atoms with Crippen LogP contribution in [0.2, 0.25) is 0 Å². The van der Waals surface area contributed by atoms with Crippen LogP contribution in [0.1, 0.15) is 22.6 Å². The summed E-state index contributed by atoms with van der Waals surface area (Å²) in [7, 11) is 0. The summed E-state index contributed by atoms with van der Waals surface area (Å²) in [5.74, 6) is -0.610. The first-order valence-electron chi connectivity index (χ1n) is 11.2. The molecular formula is C29H21N3O2. The van der Waals surface area contributed by atoms with Gasteiger partial charge in [-0.05, 0) is 35.4 Å². The van der Waals surface area contributed by atoms with Crippen molar-refractivity contribution in [3.63, 3.8) is 0 Å². The Balaban J connectivity index is 1.62. The van der Waals surface area contributed by atoms with E-state index in [1.807, 2.05) is 121 Å². The largest absolute Gasteiger partial charge is 0.404 e. The maximum Gasteiger partial charge on any atom is 0.364 e. The highest BCUT2D eigenvalue weighted by molar-refractivity contribution is 6.17. The molecule has 0 aromatic heterocycles. The second-order valence-corrected chi connectivity index (χ2v) is 8.24. The molecule has 164 valence electrons. The summed E-state index contributed by atoms with van der Waals surface area (Å²) in [4.78, 5) is 18.9.